The summed E-state index contributed by atoms with van der Waals surface area (Å²) >= 11 is 0. The molecule has 1 aliphatic rings. The predicted octanol–water partition coefficient (Wildman–Crippen LogP) is 2.94. The highest BCUT2D eigenvalue weighted by Crippen LogP contribution is 2.28. The van der Waals surface area contributed by atoms with Gasteiger partial charge in [0.15, 0.2) is 11.6 Å². The number of hydrogen-bond donors (Lipinski definition) is 1. The van der Waals surface area contributed by atoms with Gasteiger partial charge < -0.3 is 14.6 Å². The highest BCUT2D eigenvalue weighted by Gasteiger charge is 2.32. The SMILES string of the molecule is CCn1ccnc1[C@H]1OCC[C@@H]1NCc1cc(F)c(F)cc1F. The Hall–Kier alpha value is -1.86. The second-order valence-electron chi connectivity index (χ2n) is 5.50. The van der Waals surface area contributed by atoms with Crippen molar-refractivity contribution < 1.29 is 17.9 Å². The van der Waals surface area contributed by atoms with E-state index in [2.05, 4.69) is 10.3 Å². The molecule has 0 radical (unpaired) electrons. The van der Waals surface area contributed by atoms with Crippen molar-refractivity contribution in [3.8, 4) is 0 Å². The maximum absolute atomic E-state index is 13.7. The number of rotatable bonds is 5. The number of hydrogen-bond acceptors (Lipinski definition) is 3. The molecule has 0 aliphatic carbocycles. The molecule has 1 saturated heterocycles. The molecule has 0 bridgehead atoms. The molecule has 2 heterocycles. The summed E-state index contributed by atoms with van der Waals surface area (Å²) in [6.45, 7) is 3.46. The Morgan fingerprint density at radius 2 is 2.04 bits per heavy atom. The lowest BCUT2D eigenvalue weighted by molar-refractivity contribution is 0.0885. The van der Waals surface area contributed by atoms with Gasteiger partial charge in [-0.1, -0.05) is 0 Å². The van der Waals surface area contributed by atoms with Gasteiger partial charge in [0.05, 0.1) is 0 Å². The van der Waals surface area contributed by atoms with Crippen molar-refractivity contribution in [2.75, 3.05) is 6.61 Å². The van der Waals surface area contributed by atoms with Crippen LogP contribution < -0.4 is 5.32 Å². The zero-order valence-electron chi connectivity index (χ0n) is 12.7. The third-order valence-electron chi connectivity index (χ3n) is 4.08. The lowest BCUT2D eigenvalue weighted by Gasteiger charge is -2.20. The molecule has 0 spiro atoms. The van der Waals surface area contributed by atoms with E-state index < -0.39 is 17.5 Å². The molecule has 124 valence electrons. The van der Waals surface area contributed by atoms with Crippen molar-refractivity contribution in [1.29, 1.82) is 0 Å². The molecule has 2 atom stereocenters. The van der Waals surface area contributed by atoms with E-state index in [9.17, 15) is 13.2 Å². The van der Waals surface area contributed by atoms with E-state index in [4.69, 9.17) is 4.74 Å². The minimum atomic E-state index is -1.18. The van der Waals surface area contributed by atoms with Crippen LogP contribution in [0.25, 0.3) is 0 Å². The van der Waals surface area contributed by atoms with Gasteiger partial charge in [-0.2, -0.15) is 0 Å². The Kier molecular flexibility index (Phi) is 4.68. The van der Waals surface area contributed by atoms with Crippen molar-refractivity contribution in [3.63, 3.8) is 0 Å². The average Bonchev–Trinajstić information content (AvgIpc) is 3.17. The average molecular weight is 325 g/mol. The first-order chi connectivity index (χ1) is 11.1. The van der Waals surface area contributed by atoms with Gasteiger partial charge in [-0.15, -0.1) is 0 Å². The van der Waals surface area contributed by atoms with Crippen molar-refractivity contribution >= 4 is 0 Å². The molecular formula is C16H18F3N3O. The van der Waals surface area contributed by atoms with E-state index in [1.807, 2.05) is 17.7 Å². The molecule has 1 aromatic heterocycles. The number of benzene rings is 1. The van der Waals surface area contributed by atoms with E-state index >= 15 is 0 Å². The highest BCUT2D eigenvalue weighted by molar-refractivity contribution is 5.20. The topological polar surface area (TPSA) is 39.1 Å². The molecule has 0 unspecified atom stereocenters. The van der Waals surface area contributed by atoms with Crippen molar-refractivity contribution in [3.05, 3.63) is 53.4 Å². The second-order valence-corrected chi connectivity index (χ2v) is 5.50. The van der Waals surface area contributed by atoms with Gasteiger partial charge in [0.2, 0.25) is 0 Å². The number of nitrogens with one attached hydrogen (secondary N) is 1. The standard InChI is InChI=1S/C16H18F3N3O/c1-2-22-5-4-20-16(22)15-14(3-6-23-15)21-9-10-7-12(18)13(19)8-11(10)17/h4-5,7-8,14-15,21H,2-3,6,9H2,1H3/t14-,15-/m0/s1. The smallest absolute Gasteiger partial charge is 0.161 e. The number of ether oxygens (including phenoxy) is 1. The minimum absolute atomic E-state index is 0.0600. The first kappa shape index (κ1) is 16.0. The van der Waals surface area contributed by atoms with Crippen LogP contribution in [-0.4, -0.2) is 22.2 Å². The number of halogens is 3. The molecule has 4 nitrogen and oxygen atoms in total. The summed E-state index contributed by atoms with van der Waals surface area (Å²) in [5, 5.41) is 3.17. The van der Waals surface area contributed by atoms with Gasteiger partial charge in [-0.3, -0.25) is 0 Å². The lowest BCUT2D eigenvalue weighted by Crippen LogP contribution is -2.33. The van der Waals surface area contributed by atoms with Gasteiger partial charge in [0.25, 0.3) is 0 Å². The Balaban J connectivity index is 1.71. The zero-order chi connectivity index (χ0) is 16.4. The van der Waals surface area contributed by atoms with Crippen LogP contribution in [0.2, 0.25) is 0 Å². The fraction of sp³-hybridized carbons (Fsp3) is 0.438. The Morgan fingerprint density at radius 3 is 2.83 bits per heavy atom. The third kappa shape index (κ3) is 3.25. The molecule has 1 aliphatic heterocycles. The molecule has 1 fully saturated rings. The van der Waals surface area contributed by atoms with Gasteiger partial charge in [-0.05, 0) is 19.4 Å². The van der Waals surface area contributed by atoms with Crippen molar-refractivity contribution in [1.82, 2.24) is 14.9 Å². The summed E-state index contributed by atoms with van der Waals surface area (Å²) in [7, 11) is 0. The zero-order valence-corrected chi connectivity index (χ0v) is 12.7. The maximum Gasteiger partial charge on any atom is 0.161 e. The van der Waals surface area contributed by atoms with Crippen LogP contribution in [0.1, 0.15) is 30.8 Å². The Labute approximate surface area is 132 Å². The first-order valence-electron chi connectivity index (χ1n) is 7.59. The van der Waals surface area contributed by atoms with Crippen molar-refractivity contribution in [2.45, 2.75) is 38.6 Å². The first-order valence-corrected chi connectivity index (χ1v) is 7.59. The minimum Gasteiger partial charge on any atom is -0.369 e. The van der Waals surface area contributed by atoms with Gasteiger partial charge in [-0.25, -0.2) is 18.2 Å². The van der Waals surface area contributed by atoms with Gasteiger partial charge >= 0.3 is 0 Å². The summed E-state index contributed by atoms with van der Waals surface area (Å²) in [4.78, 5) is 4.33. The number of aromatic nitrogens is 2. The maximum atomic E-state index is 13.7. The molecule has 0 saturated carbocycles. The summed E-state index contributed by atoms with van der Waals surface area (Å²) in [5.74, 6) is -2.18. The van der Waals surface area contributed by atoms with Crippen LogP contribution in [0.4, 0.5) is 13.2 Å². The van der Waals surface area contributed by atoms with Gasteiger partial charge in [0, 0.05) is 49.8 Å². The largest absolute Gasteiger partial charge is 0.369 e. The number of nitrogens with zero attached hydrogens (tertiary/aromatic N) is 2. The Bertz CT molecular complexity index is 689. The summed E-state index contributed by atoms with van der Waals surface area (Å²) in [6, 6.07) is 1.39. The Morgan fingerprint density at radius 1 is 1.26 bits per heavy atom. The third-order valence-corrected chi connectivity index (χ3v) is 4.08. The molecule has 0 amide bonds. The lowest BCUT2D eigenvalue weighted by atomic mass is 10.1. The van der Waals surface area contributed by atoms with Gasteiger partial charge in [0.1, 0.15) is 17.7 Å². The quantitative estimate of drug-likeness (QED) is 0.859. The van der Waals surface area contributed by atoms with Crippen LogP contribution in [0.3, 0.4) is 0 Å². The predicted molar refractivity (Wildman–Crippen MR) is 78.2 cm³/mol. The summed E-state index contributed by atoms with van der Waals surface area (Å²) < 4.78 is 47.6. The van der Waals surface area contributed by atoms with Crippen LogP contribution in [-0.2, 0) is 17.8 Å². The van der Waals surface area contributed by atoms with E-state index in [1.165, 1.54) is 0 Å². The monoisotopic (exact) mass is 325 g/mol. The van der Waals surface area contributed by atoms with Crippen LogP contribution in [0, 0.1) is 17.5 Å². The fourth-order valence-electron chi connectivity index (χ4n) is 2.84. The van der Waals surface area contributed by atoms with Crippen LogP contribution in [0.15, 0.2) is 24.5 Å². The molecule has 23 heavy (non-hydrogen) atoms. The van der Waals surface area contributed by atoms with Crippen LogP contribution in [0.5, 0.6) is 0 Å². The molecule has 1 N–H and O–H groups in total. The molecule has 1 aromatic carbocycles. The normalized spacial score (nSPS) is 21.0. The van der Waals surface area contributed by atoms with Crippen molar-refractivity contribution in [2.24, 2.45) is 0 Å². The van der Waals surface area contributed by atoms with E-state index in [0.29, 0.717) is 12.7 Å². The van der Waals surface area contributed by atoms with E-state index in [-0.39, 0.29) is 24.3 Å². The number of aryl methyl sites for hydroxylation is 1. The second kappa shape index (κ2) is 6.72. The summed E-state index contributed by atoms with van der Waals surface area (Å²) in [6.07, 6.45) is 4.10. The fourth-order valence-corrected chi connectivity index (χ4v) is 2.84. The van der Waals surface area contributed by atoms with E-state index in [0.717, 1.165) is 24.9 Å². The van der Waals surface area contributed by atoms with Crippen LogP contribution >= 0.6 is 0 Å². The molecule has 2 aromatic rings. The summed E-state index contributed by atoms with van der Waals surface area (Å²) in [5.41, 5.74) is 0.0911. The molecular weight excluding hydrogens is 307 g/mol. The van der Waals surface area contributed by atoms with E-state index in [1.54, 1.807) is 6.20 Å². The molecule has 7 heteroatoms. The number of imidazole rings is 1. The molecule has 3 rings (SSSR count). The highest BCUT2D eigenvalue weighted by atomic mass is 19.2.